The number of fused-ring (bicyclic) bond motifs is 1. The van der Waals surface area contributed by atoms with E-state index in [9.17, 15) is 19.2 Å². The van der Waals surface area contributed by atoms with Gasteiger partial charge in [0.05, 0.1) is 36.5 Å². The monoisotopic (exact) mass is 869 g/mol. The van der Waals surface area contributed by atoms with Crippen LogP contribution in [-0.4, -0.2) is 97.5 Å². The maximum atomic E-state index is 14.0. The number of carbonyl (C=O) groups excluding carboxylic acids is 4. The first-order chi connectivity index (χ1) is 29.2. The second-order valence-electron chi connectivity index (χ2n) is 20.6. The van der Waals surface area contributed by atoms with E-state index in [4.69, 9.17) is 28.3 Å². The van der Waals surface area contributed by atoms with Gasteiger partial charge in [0.1, 0.15) is 40.4 Å². The Morgan fingerprint density at radius 2 is 1.63 bits per heavy atom. The van der Waals surface area contributed by atoms with Gasteiger partial charge < -0.3 is 33.6 Å². The zero-order valence-corrected chi connectivity index (χ0v) is 38.6. The molecule has 63 heavy (non-hydrogen) atoms. The number of esters is 1. The quantitative estimate of drug-likeness (QED) is 0.0911. The molecule has 0 unspecified atom stereocenters. The third kappa shape index (κ3) is 9.56. The van der Waals surface area contributed by atoms with Gasteiger partial charge in [0.15, 0.2) is 5.82 Å². The lowest BCUT2D eigenvalue weighted by Crippen LogP contribution is -2.65. The average molecular weight is 870 g/mol. The molecule has 1 saturated heterocycles. The number of hydrogen-bond donors (Lipinski definition) is 2. The minimum Gasteiger partial charge on any atom is -0.496 e. The Labute approximate surface area is 368 Å². The number of aromatic nitrogens is 5. The Hall–Kier alpha value is -5.49. The number of hydrogen-bond acceptors (Lipinski definition) is 13. The predicted octanol–water partition coefficient (Wildman–Crippen LogP) is 7.38. The molecule has 2 N–H and O–H groups in total. The molecule has 17 nitrogen and oxygen atoms in total. The molecule has 8 rings (SSSR count). The summed E-state index contributed by atoms with van der Waals surface area (Å²) in [5, 5.41) is 19.2. The van der Waals surface area contributed by atoms with Gasteiger partial charge in [-0.25, -0.2) is 19.1 Å². The zero-order valence-electron chi connectivity index (χ0n) is 38.6. The van der Waals surface area contributed by atoms with E-state index in [1.54, 1.807) is 98.8 Å². The lowest BCUT2D eigenvalue weighted by atomic mass is 9.43. The Kier molecular flexibility index (Phi) is 11.7. The van der Waals surface area contributed by atoms with Crippen molar-refractivity contribution in [3.63, 3.8) is 0 Å². The highest BCUT2D eigenvalue weighted by Crippen LogP contribution is 2.65. The maximum absolute atomic E-state index is 14.0. The van der Waals surface area contributed by atoms with Gasteiger partial charge in [-0.2, -0.15) is 4.68 Å². The largest absolute Gasteiger partial charge is 0.496 e. The molecular formula is C45H60BN7O10. The molecule has 2 aromatic heterocycles. The van der Waals surface area contributed by atoms with Crippen LogP contribution in [0.4, 0.5) is 15.4 Å². The first kappa shape index (κ1) is 45.5. The van der Waals surface area contributed by atoms with Crippen molar-refractivity contribution in [2.24, 2.45) is 17.3 Å². The number of nitrogens with one attached hydrogen (secondary N) is 2. The van der Waals surface area contributed by atoms with Gasteiger partial charge in [0.25, 0.3) is 0 Å². The predicted molar refractivity (Wildman–Crippen MR) is 234 cm³/mol. The summed E-state index contributed by atoms with van der Waals surface area (Å²) < 4.78 is 38.6. The summed E-state index contributed by atoms with van der Waals surface area (Å²) in [5.41, 5.74) is -0.444. The third-order valence-corrected chi connectivity index (χ3v) is 12.0. The highest BCUT2D eigenvalue weighted by atomic mass is 16.7. The van der Waals surface area contributed by atoms with E-state index in [-0.39, 0.29) is 41.8 Å². The van der Waals surface area contributed by atoms with E-state index in [1.165, 1.54) is 11.8 Å². The van der Waals surface area contributed by atoms with Crippen molar-refractivity contribution in [1.29, 1.82) is 0 Å². The van der Waals surface area contributed by atoms with E-state index in [0.29, 0.717) is 45.3 Å². The van der Waals surface area contributed by atoms with Crippen molar-refractivity contribution in [2.45, 2.75) is 143 Å². The number of ether oxygens (including phenoxy) is 4. The maximum Gasteiger partial charge on any atom is 0.482 e. The number of benzene rings is 2. The average Bonchev–Trinajstić information content (AvgIpc) is 3.87. The fourth-order valence-corrected chi connectivity index (χ4v) is 9.13. The normalized spacial score (nSPS) is 22.1. The van der Waals surface area contributed by atoms with Crippen LogP contribution in [0.3, 0.4) is 0 Å². The Balaban J connectivity index is 1.14. The first-order valence-corrected chi connectivity index (χ1v) is 21.4. The number of amides is 2. The summed E-state index contributed by atoms with van der Waals surface area (Å²) >= 11 is 0. The number of methoxy groups -OCH3 is 1. The highest BCUT2D eigenvalue weighted by molar-refractivity contribution is 6.48. The van der Waals surface area contributed by atoms with Gasteiger partial charge in [0.2, 0.25) is 5.91 Å². The van der Waals surface area contributed by atoms with Crippen LogP contribution in [0, 0.1) is 17.3 Å². The highest BCUT2D eigenvalue weighted by Gasteiger charge is 2.68. The summed E-state index contributed by atoms with van der Waals surface area (Å²) in [4.78, 5) is 53.4. The van der Waals surface area contributed by atoms with Gasteiger partial charge in [-0.3, -0.25) is 10.1 Å². The summed E-state index contributed by atoms with van der Waals surface area (Å²) in [7, 11) is 0.705. The molecule has 5 atom stereocenters. The molecule has 3 aliphatic carbocycles. The van der Waals surface area contributed by atoms with E-state index in [0.717, 1.165) is 17.5 Å². The Bertz CT molecular complexity index is 2430. The molecule has 2 amide bonds. The molecular weight excluding hydrogens is 809 g/mol. The summed E-state index contributed by atoms with van der Waals surface area (Å²) in [6, 6.07) is 10.4. The number of rotatable bonds is 10. The molecule has 18 heteroatoms. The van der Waals surface area contributed by atoms with Crippen LogP contribution in [0.2, 0.25) is 0 Å². The molecule has 0 radical (unpaired) electrons. The Morgan fingerprint density at radius 3 is 2.29 bits per heavy atom. The second-order valence-corrected chi connectivity index (χ2v) is 20.6. The lowest BCUT2D eigenvalue weighted by Gasteiger charge is -2.64. The number of para-hydroxylation sites is 1. The molecule has 3 saturated carbocycles. The molecule has 1 aliphatic heterocycles. The molecule has 0 spiro atoms. The van der Waals surface area contributed by atoms with Gasteiger partial charge in [-0.05, 0) is 130 Å². The molecule has 3 heterocycles. The van der Waals surface area contributed by atoms with Crippen LogP contribution in [0.5, 0.6) is 5.75 Å². The van der Waals surface area contributed by atoms with Crippen molar-refractivity contribution < 1.29 is 47.4 Å². The van der Waals surface area contributed by atoms with E-state index in [2.05, 4.69) is 46.8 Å². The number of nitrogens with zero attached hydrogens (tertiary/aromatic N) is 5. The van der Waals surface area contributed by atoms with E-state index >= 15 is 0 Å². The molecule has 338 valence electrons. The summed E-state index contributed by atoms with van der Waals surface area (Å²) in [6.45, 7) is 22.3. The third-order valence-electron chi connectivity index (χ3n) is 12.0. The zero-order chi connectivity index (χ0) is 46.0. The van der Waals surface area contributed by atoms with Crippen LogP contribution < -0.4 is 15.4 Å². The smallest absolute Gasteiger partial charge is 0.482 e. The van der Waals surface area contributed by atoms with Crippen LogP contribution in [-0.2, 0) is 41.3 Å². The van der Waals surface area contributed by atoms with Crippen LogP contribution in [0.25, 0.3) is 22.2 Å². The fourth-order valence-electron chi connectivity index (χ4n) is 9.13. The fraction of sp³-hybridized carbons (Fsp3) is 0.578. The lowest BCUT2D eigenvalue weighted by molar-refractivity contribution is -0.199. The molecule has 4 fully saturated rings. The van der Waals surface area contributed by atoms with Gasteiger partial charge >= 0.3 is 25.3 Å². The molecule has 4 aromatic rings. The minimum absolute atomic E-state index is 0.0730. The van der Waals surface area contributed by atoms with Crippen molar-refractivity contribution in [1.82, 2.24) is 30.1 Å². The standard InChI is InChI=1S/C45H60BN7O10/c1-41(2,3)59-38(55)28-16-14-15-26(36(28)58-13)20-34(46-62-33-22-27-21-32(44(27,10)11)45(33,12)63-46)47-35(54)24-52-23-30(49-51-52)25-17-18-31-29(19-25)37(48-39(56)60-42(4,5)6)50-53(31)40(57)61-43(7,8)9/h14-19,23,27,32-34H,20-22,24H2,1-13H3,(H,47,54)(H,48,50,56)/t27-,32-,33+,34-,45-/m0/s1. The van der Waals surface area contributed by atoms with E-state index in [1.807, 2.05) is 6.07 Å². The molecule has 2 aromatic carbocycles. The van der Waals surface area contributed by atoms with Crippen molar-refractivity contribution in [2.75, 3.05) is 12.4 Å². The summed E-state index contributed by atoms with van der Waals surface area (Å²) in [6.07, 6.45) is 2.14. The topological polar surface area (TPSA) is 196 Å². The van der Waals surface area contributed by atoms with Gasteiger partial charge in [-0.1, -0.05) is 37.3 Å². The SMILES string of the molecule is COc1c(C[C@H](NC(=O)Cn2cc(-c3ccc4c(c3)c(NC(=O)OC(C)(C)C)nn4C(=O)OC(C)(C)C)nn2)B2O[C@@H]3C[C@@H]4C[C@@H](C4(C)C)[C@]3(C)O2)cccc1C(=O)OC(C)(C)C. The molecule has 2 bridgehead atoms. The minimum atomic E-state index is -0.802. The van der Waals surface area contributed by atoms with Crippen molar-refractivity contribution in [3.05, 3.63) is 53.7 Å². The van der Waals surface area contributed by atoms with Crippen molar-refractivity contribution >= 4 is 47.9 Å². The Morgan fingerprint density at radius 1 is 0.937 bits per heavy atom. The number of carbonyl (C=O) groups is 4. The second kappa shape index (κ2) is 16.3. The summed E-state index contributed by atoms with van der Waals surface area (Å²) in [5.74, 6) is -0.357. The van der Waals surface area contributed by atoms with E-state index < -0.39 is 53.6 Å². The number of anilines is 1. The first-order valence-electron chi connectivity index (χ1n) is 21.4. The van der Waals surface area contributed by atoms with Gasteiger partial charge in [0, 0.05) is 10.9 Å². The van der Waals surface area contributed by atoms with Crippen LogP contribution in [0.1, 0.15) is 112 Å². The van der Waals surface area contributed by atoms with Crippen LogP contribution >= 0.6 is 0 Å². The van der Waals surface area contributed by atoms with Crippen LogP contribution in [0.15, 0.2) is 42.6 Å². The molecule has 4 aliphatic rings. The van der Waals surface area contributed by atoms with Crippen molar-refractivity contribution in [3.8, 4) is 17.0 Å². The van der Waals surface area contributed by atoms with Gasteiger partial charge in [-0.15, -0.1) is 10.2 Å².